The average Bonchev–Trinajstić information content (AvgIpc) is 2.89. The molecule has 2 N–H and O–H groups in total. The van der Waals surface area contributed by atoms with Gasteiger partial charge in [0.15, 0.2) is 5.65 Å². The van der Waals surface area contributed by atoms with Crippen LogP contribution in [0.5, 0.6) is 0 Å². The van der Waals surface area contributed by atoms with E-state index in [9.17, 15) is 18.0 Å². The molecule has 1 saturated heterocycles. The first-order chi connectivity index (χ1) is 10.8. The fourth-order valence-electron chi connectivity index (χ4n) is 2.85. The van der Waals surface area contributed by atoms with Crippen molar-refractivity contribution in [3.8, 4) is 0 Å². The van der Waals surface area contributed by atoms with Gasteiger partial charge in [-0.05, 0) is 30.9 Å². The van der Waals surface area contributed by atoms with Crippen molar-refractivity contribution in [1.29, 1.82) is 0 Å². The van der Waals surface area contributed by atoms with E-state index in [1.807, 2.05) is 4.90 Å². The van der Waals surface area contributed by atoms with E-state index in [2.05, 4.69) is 15.3 Å². The molecule has 0 bridgehead atoms. The fraction of sp³-hybridized carbons (Fsp3) is 0.538. The van der Waals surface area contributed by atoms with E-state index in [4.69, 9.17) is 5.73 Å². The summed E-state index contributed by atoms with van der Waals surface area (Å²) in [5.41, 5.74) is 5.25. The summed E-state index contributed by atoms with van der Waals surface area (Å²) in [6, 6.07) is 3.05. The zero-order valence-corrected chi connectivity index (χ0v) is 12.1. The number of anilines is 1. The summed E-state index contributed by atoms with van der Waals surface area (Å²) in [6.45, 7) is 1.20. The molecule has 0 aromatic carbocycles. The summed E-state index contributed by atoms with van der Waals surface area (Å²) in [7, 11) is 0. The van der Waals surface area contributed by atoms with E-state index in [-0.39, 0.29) is 23.9 Å². The van der Waals surface area contributed by atoms with Crippen molar-refractivity contribution in [1.82, 2.24) is 19.8 Å². The highest BCUT2D eigenvalue weighted by Gasteiger charge is 2.38. The second-order valence-electron chi connectivity index (χ2n) is 5.61. The van der Waals surface area contributed by atoms with Crippen molar-refractivity contribution in [3.05, 3.63) is 18.0 Å². The first-order valence-corrected chi connectivity index (χ1v) is 7.17. The van der Waals surface area contributed by atoms with Crippen LogP contribution in [0.15, 0.2) is 12.1 Å². The molecule has 2 aromatic heterocycles. The van der Waals surface area contributed by atoms with Gasteiger partial charge >= 0.3 is 6.18 Å². The number of halogens is 3. The van der Waals surface area contributed by atoms with Gasteiger partial charge < -0.3 is 10.6 Å². The highest BCUT2D eigenvalue weighted by Crippen LogP contribution is 2.29. The standard InChI is InChI=1S/C13H15F3N6O/c14-13(15,16)12-19-18-10-3-4-11(20-22(10)12)21-5-1-2-8(7-21)6-9(17)23/h3-4,8H,1-2,5-7H2,(H2,17,23). The largest absolute Gasteiger partial charge is 0.453 e. The Morgan fingerprint density at radius 2 is 2.13 bits per heavy atom. The third-order valence-electron chi connectivity index (χ3n) is 3.84. The molecule has 0 spiro atoms. The van der Waals surface area contributed by atoms with Crippen molar-refractivity contribution in [3.63, 3.8) is 0 Å². The Morgan fingerprint density at radius 1 is 1.35 bits per heavy atom. The number of nitrogens with zero attached hydrogens (tertiary/aromatic N) is 5. The van der Waals surface area contributed by atoms with Gasteiger partial charge in [-0.15, -0.1) is 15.3 Å². The second kappa shape index (κ2) is 5.67. The van der Waals surface area contributed by atoms with Crippen molar-refractivity contribution in [2.24, 2.45) is 11.7 Å². The van der Waals surface area contributed by atoms with Crippen LogP contribution in [0.25, 0.3) is 5.65 Å². The van der Waals surface area contributed by atoms with Crippen molar-refractivity contribution in [2.45, 2.75) is 25.4 Å². The molecule has 7 nitrogen and oxygen atoms in total. The average molecular weight is 328 g/mol. The van der Waals surface area contributed by atoms with E-state index in [0.717, 1.165) is 12.8 Å². The fourth-order valence-corrected chi connectivity index (χ4v) is 2.85. The lowest BCUT2D eigenvalue weighted by atomic mass is 9.94. The summed E-state index contributed by atoms with van der Waals surface area (Å²) in [5.74, 6) is -1.04. The Hall–Kier alpha value is -2.39. The number of carbonyl (C=O) groups is 1. The highest BCUT2D eigenvalue weighted by atomic mass is 19.4. The molecule has 0 radical (unpaired) electrons. The molecule has 1 amide bonds. The Balaban J connectivity index is 1.89. The van der Waals surface area contributed by atoms with Gasteiger partial charge in [0, 0.05) is 19.5 Å². The number of rotatable bonds is 3. The molecule has 3 rings (SSSR count). The maximum atomic E-state index is 12.9. The van der Waals surface area contributed by atoms with E-state index in [1.54, 1.807) is 6.07 Å². The number of hydrogen-bond acceptors (Lipinski definition) is 5. The highest BCUT2D eigenvalue weighted by molar-refractivity contribution is 5.74. The van der Waals surface area contributed by atoms with Gasteiger partial charge in [-0.1, -0.05) is 0 Å². The smallest absolute Gasteiger partial charge is 0.370 e. The Kier molecular flexibility index (Phi) is 3.82. The molecule has 1 aliphatic rings. The van der Waals surface area contributed by atoms with Crippen molar-refractivity contribution < 1.29 is 18.0 Å². The molecule has 2 aromatic rings. The lowest BCUT2D eigenvalue weighted by Gasteiger charge is -2.33. The van der Waals surface area contributed by atoms with Gasteiger partial charge in [0.2, 0.25) is 5.91 Å². The van der Waals surface area contributed by atoms with Crippen LogP contribution in [-0.4, -0.2) is 38.8 Å². The molecular weight excluding hydrogens is 313 g/mol. The number of amides is 1. The molecule has 0 aliphatic carbocycles. The Bertz CT molecular complexity index is 728. The Morgan fingerprint density at radius 3 is 2.83 bits per heavy atom. The minimum Gasteiger partial charge on any atom is -0.370 e. The molecule has 3 heterocycles. The van der Waals surface area contributed by atoms with Crippen molar-refractivity contribution in [2.75, 3.05) is 18.0 Å². The van der Waals surface area contributed by atoms with Gasteiger partial charge in [0.25, 0.3) is 5.82 Å². The minimum atomic E-state index is -4.62. The lowest BCUT2D eigenvalue weighted by molar-refractivity contribution is -0.146. The Labute approximate surface area is 129 Å². The molecule has 1 aliphatic heterocycles. The first kappa shape index (κ1) is 15.5. The summed E-state index contributed by atoms with van der Waals surface area (Å²) in [5, 5.41) is 10.6. The molecule has 23 heavy (non-hydrogen) atoms. The SMILES string of the molecule is NC(=O)CC1CCCN(c2ccc3nnc(C(F)(F)F)n3n2)C1. The monoisotopic (exact) mass is 328 g/mol. The zero-order valence-electron chi connectivity index (χ0n) is 12.1. The van der Waals surface area contributed by atoms with Crippen LogP contribution >= 0.6 is 0 Å². The van der Waals surface area contributed by atoms with Crippen LogP contribution in [-0.2, 0) is 11.0 Å². The van der Waals surface area contributed by atoms with Crippen LogP contribution in [0.3, 0.4) is 0 Å². The van der Waals surface area contributed by atoms with Gasteiger partial charge in [0.1, 0.15) is 5.82 Å². The third kappa shape index (κ3) is 3.20. The number of hydrogen-bond donors (Lipinski definition) is 1. The third-order valence-corrected chi connectivity index (χ3v) is 3.84. The van der Waals surface area contributed by atoms with Crippen LogP contribution < -0.4 is 10.6 Å². The summed E-state index contributed by atoms with van der Waals surface area (Å²) >= 11 is 0. The van der Waals surface area contributed by atoms with E-state index in [1.165, 1.54) is 6.07 Å². The molecule has 1 unspecified atom stereocenters. The zero-order chi connectivity index (χ0) is 16.6. The number of primary amides is 1. The van der Waals surface area contributed by atoms with E-state index < -0.39 is 12.0 Å². The maximum Gasteiger partial charge on any atom is 0.453 e. The first-order valence-electron chi connectivity index (χ1n) is 7.17. The van der Waals surface area contributed by atoms with E-state index >= 15 is 0 Å². The van der Waals surface area contributed by atoms with Crippen LogP contribution in [0.2, 0.25) is 0 Å². The summed E-state index contributed by atoms with van der Waals surface area (Å²) in [6.07, 6.45) is -2.67. The normalized spacial score (nSPS) is 19.3. The number of piperidine rings is 1. The van der Waals surface area contributed by atoms with Gasteiger partial charge in [0.05, 0.1) is 0 Å². The topological polar surface area (TPSA) is 89.4 Å². The number of nitrogens with two attached hydrogens (primary N) is 1. The van der Waals surface area contributed by atoms with Crippen LogP contribution in [0.1, 0.15) is 25.1 Å². The molecular formula is C13H15F3N6O. The second-order valence-corrected chi connectivity index (χ2v) is 5.61. The molecule has 0 saturated carbocycles. The predicted molar refractivity (Wildman–Crippen MR) is 74.5 cm³/mol. The number of alkyl halides is 3. The number of carbonyl (C=O) groups excluding carboxylic acids is 1. The van der Waals surface area contributed by atoms with Crippen molar-refractivity contribution >= 4 is 17.4 Å². The minimum absolute atomic E-state index is 0.0340. The summed E-state index contributed by atoms with van der Waals surface area (Å²) in [4.78, 5) is 12.9. The van der Waals surface area contributed by atoms with Gasteiger partial charge in [-0.25, -0.2) is 0 Å². The van der Waals surface area contributed by atoms with Gasteiger partial charge in [-0.3, -0.25) is 4.79 Å². The number of aromatic nitrogens is 4. The quantitative estimate of drug-likeness (QED) is 0.915. The molecule has 1 atom stereocenters. The molecule has 1 fully saturated rings. The van der Waals surface area contributed by atoms with E-state index in [0.29, 0.717) is 23.4 Å². The molecule has 124 valence electrons. The maximum absolute atomic E-state index is 12.9. The predicted octanol–water partition coefficient (Wildman–Crippen LogP) is 1.23. The van der Waals surface area contributed by atoms with Crippen LogP contribution in [0.4, 0.5) is 19.0 Å². The van der Waals surface area contributed by atoms with Gasteiger partial charge in [-0.2, -0.15) is 17.7 Å². The summed E-state index contributed by atoms with van der Waals surface area (Å²) < 4.78 is 39.4. The van der Waals surface area contributed by atoms with Crippen LogP contribution in [0, 0.1) is 5.92 Å². The lowest BCUT2D eigenvalue weighted by Crippen LogP contribution is -2.37. The molecule has 10 heteroatoms. The number of fused-ring (bicyclic) bond motifs is 1.